The molecule has 0 N–H and O–H groups in total. The first-order chi connectivity index (χ1) is 8.91. The van der Waals surface area contributed by atoms with E-state index in [2.05, 4.69) is 46.9 Å². The smallest absolute Gasteiger partial charge is 0.199 e. The van der Waals surface area contributed by atoms with Crippen LogP contribution in [0.4, 0.5) is 0 Å². The Morgan fingerprint density at radius 3 is 2.05 bits per heavy atom. The van der Waals surface area contributed by atoms with E-state index < -0.39 is 10.3 Å². The topological polar surface area (TPSA) is 27.7 Å². The zero-order valence-electron chi connectivity index (χ0n) is 12.3. The highest BCUT2D eigenvalue weighted by atomic mass is 32.3. The standard InChI is InChI=1S/C14H24O3S2/c1-11(2)19(5,12(3)4)16-10-15-13-8-6-7-9-14(13)17-18/h6-9,11-12,18H,10H2,1-5H3. The highest BCUT2D eigenvalue weighted by Gasteiger charge is 2.27. The number of benzene rings is 1. The second-order valence-corrected chi connectivity index (χ2v) is 9.22. The summed E-state index contributed by atoms with van der Waals surface area (Å²) in [5, 5.41) is 0.986. The molecule has 0 spiro atoms. The number of rotatable bonds is 7. The van der Waals surface area contributed by atoms with Crippen LogP contribution >= 0.6 is 23.2 Å². The van der Waals surface area contributed by atoms with Gasteiger partial charge in [0, 0.05) is 23.4 Å². The summed E-state index contributed by atoms with van der Waals surface area (Å²) in [6.45, 7) is 9.01. The minimum Gasteiger partial charge on any atom is -0.463 e. The van der Waals surface area contributed by atoms with Crippen LogP contribution in [0.15, 0.2) is 24.3 Å². The van der Waals surface area contributed by atoms with Crippen LogP contribution in [0.1, 0.15) is 27.7 Å². The summed E-state index contributed by atoms with van der Waals surface area (Å²) in [4.78, 5) is 0. The minimum absolute atomic E-state index is 0.232. The summed E-state index contributed by atoms with van der Waals surface area (Å²) >= 11 is 3.81. The molecule has 3 nitrogen and oxygen atoms in total. The molecule has 0 heterocycles. The molecule has 0 radical (unpaired) electrons. The average Bonchev–Trinajstić information content (AvgIpc) is 2.38. The lowest BCUT2D eigenvalue weighted by Gasteiger charge is -2.42. The Hall–Kier alpha value is -0.520. The number of para-hydroxylation sites is 2. The van der Waals surface area contributed by atoms with Crippen LogP contribution in [0.25, 0.3) is 0 Å². The van der Waals surface area contributed by atoms with Gasteiger partial charge in [0.05, 0.1) is 0 Å². The molecule has 0 bridgehead atoms. The van der Waals surface area contributed by atoms with E-state index >= 15 is 0 Å². The van der Waals surface area contributed by atoms with Crippen LogP contribution < -0.4 is 8.92 Å². The lowest BCUT2D eigenvalue weighted by atomic mass is 10.3. The van der Waals surface area contributed by atoms with E-state index in [0.717, 1.165) is 0 Å². The van der Waals surface area contributed by atoms with Crippen molar-refractivity contribution in [3.63, 3.8) is 0 Å². The van der Waals surface area contributed by atoms with E-state index in [-0.39, 0.29) is 6.79 Å². The van der Waals surface area contributed by atoms with Crippen molar-refractivity contribution in [2.75, 3.05) is 13.0 Å². The lowest BCUT2D eigenvalue weighted by molar-refractivity contribution is 0.132. The van der Waals surface area contributed by atoms with Gasteiger partial charge in [-0.3, -0.25) is 4.18 Å². The monoisotopic (exact) mass is 304 g/mol. The van der Waals surface area contributed by atoms with Crippen molar-refractivity contribution in [3.05, 3.63) is 24.3 Å². The molecule has 0 aliphatic heterocycles. The molecular formula is C14H24O3S2. The van der Waals surface area contributed by atoms with Gasteiger partial charge in [0.15, 0.2) is 18.3 Å². The van der Waals surface area contributed by atoms with Crippen molar-refractivity contribution in [3.8, 4) is 11.5 Å². The molecule has 0 aliphatic rings. The summed E-state index contributed by atoms with van der Waals surface area (Å²) in [5.41, 5.74) is 0. The maximum absolute atomic E-state index is 6.04. The maximum atomic E-state index is 6.04. The fourth-order valence-corrected chi connectivity index (χ4v) is 3.69. The molecule has 0 amide bonds. The first-order valence-corrected chi connectivity index (χ1v) is 8.81. The minimum atomic E-state index is -1.15. The van der Waals surface area contributed by atoms with Crippen LogP contribution in [0.3, 0.4) is 0 Å². The van der Waals surface area contributed by atoms with Gasteiger partial charge >= 0.3 is 0 Å². The van der Waals surface area contributed by atoms with Gasteiger partial charge in [-0.2, -0.15) is 0 Å². The Bertz CT molecular complexity index is 386. The molecule has 0 atom stereocenters. The summed E-state index contributed by atoms with van der Waals surface area (Å²) in [5.74, 6) is 1.24. The summed E-state index contributed by atoms with van der Waals surface area (Å²) < 4.78 is 16.6. The van der Waals surface area contributed by atoms with Gasteiger partial charge < -0.3 is 8.92 Å². The van der Waals surface area contributed by atoms with Gasteiger partial charge in [-0.05, 0) is 18.4 Å². The normalized spacial score (nSPS) is 12.8. The van der Waals surface area contributed by atoms with Crippen molar-refractivity contribution in [1.29, 1.82) is 0 Å². The first kappa shape index (κ1) is 16.5. The Morgan fingerprint density at radius 1 is 1.05 bits per heavy atom. The average molecular weight is 304 g/mol. The fourth-order valence-electron chi connectivity index (χ4n) is 1.65. The molecule has 1 aromatic carbocycles. The van der Waals surface area contributed by atoms with Crippen LogP contribution in [0.5, 0.6) is 11.5 Å². The molecule has 0 aliphatic carbocycles. The predicted octanol–water partition coefficient (Wildman–Crippen LogP) is 4.43. The summed E-state index contributed by atoms with van der Waals surface area (Å²) in [7, 11) is -1.15. The number of thiol groups is 1. The van der Waals surface area contributed by atoms with E-state index in [0.29, 0.717) is 22.0 Å². The summed E-state index contributed by atoms with van der Waals surface area (Å²) in [6.07, 6.45) is 2.20. The quantitative estimate of drug-likeness (QED) is 0.459. The molecule has 110 valence electrons. The maximum Gasteiger partial charge on any atom is 0.199 e. The fraction of sp³-hybridized carbons (Fsp3) is 0.571. The number of ether oxygens (including phenoxy) is 1. The zero-order chi connectivity index (χ0) is 14.5. The third kappa shape index (κ3) is 4.23. The molecule has 1 rings (SSSR count). The number of hydrogen-bond acceptors (Lipinski definition) is 4. The van der Waals surface area contributed by atoms with E-state index in [1.54, 1.807) is 6.07 Å². The lowest BCUT2D eigenvalue weighted by Crippen LogP contribution is -2.24. The molecule has 1 aromatic rings. The highest BCUT2D eigenvalue weighted by Crippen LogP contribution is 2.54. The Labute approximate surface area is 123 Å². The molecule has 0 unspecified atom stereocenters. The number of hydrogen-bond donors (Lipinski definition) is 1. The molecule has 0 saturated carbocycles. The van der Waals surface area contributed by atoms with Crippen LogP contribution in [-0.2, 0) is 4.18 Å². The van der Waals surface area contributed by atoms with E-state index in [4.69, 9.17) is 13.1 Å². The van der Waals surface area contributed by atoms with Crippen molar-refractivity contribution < 1.29 is 13.1 Å². The first-order valence-electron chi connectivity index (χ1n) is 6.35. The molecule has 0 aromatic heterocycles. The molecule has 0 fully saturated rings. The second kappa shape index (κ2) is 7.31. The van der Waals surface area contributed by atoms with E-state index in [1.807, 2.05) is 18.2 Å². The second-order valence-electron chi connectivity index (χ2n) is 4.98. The van der Waals surface area contributed by atoms with Crippen molar-refractivity contribution >= 4 is 23.2 Å². The third-order valence-electron chi connectivity index (χ3n) is 3.34. The Morgan fingerprint density at radius 2 is 1.58 bits per heavy atom. The van der Waals surface area contributed by atoms with E-state index in [1.165, 1.54) is 0 Å². The Balaban J connectivity index is 2.62. The van der Waals surface area contributed by atoms with Crippen molar-refractivity contribution in [1.82, 2.24) is 0 Å². The van der Waals surface area contributed by atoms with Crippen molar-refractivity contribution in [2.45, 2.75) is 38.2 Å². The Kier molecular flexibility index (Phi) is 6.36. The predicted molar refractivity (Wildman–Crippen MR) is 86.4 cm³/mol. The third-order valence-corrected chi connectivity index (χ3v) is 7.88. The SMILES string of the molecule is CC(C)S(C)(OCOc1ccccc1OS)C(C)C. The molecule has 19 heavy (non-hydrogen) atoms. The van der Waals surface area contributed by atoms with Gasteiger partial charge in [-0.25, -0.2) is 0 Å². The zero-order valence-corrected chi connectivity index (χ0v) is 14.0. The van der Waals surface area contributed by atoms with E-state index in [9.17, 15) is 0 Å². The van der Waals surface area contributed by atoms with Gasteiger partial charge in [0.2, 0.25) is 0 Å². The van der Waals surface area contributed by atoms with Crippen LogP contribution in [0, 0.1) is 0 Å². The van der Waals surface area contributed by atoms with Gasteiger partial charge in [0.25, 0.3) is 0 Å². The van der Waals surface area contributed by atoms with Crippen LogP contribution in [-0.4, -0.2) is 23.5 Å². The summed E-state index contributed by atoms with van der Waals surface area (Å²) in [6, 6.07) is 7.41. The van der Waals surface area contributed by atoms with Gasteiger partial charge in [-0.1, -0.05) is 39.8 Å². The van der Waals surface area contributed by atoms with Crippen molar-refractivity contribution in [2.24, 2.45) is 0 Å². The van der Waals surface area contributed by atoms with Gasteiger partial charge in [-0.15, -0.1) is 10.3 Å². The largest absolute Gasteiger partial charge is 0.463 e. The highest BCUT2D eigenvalue weighted by molar-refractivity contribution is 8.30. The van der Waals surface area contributed by atoms with Gasteiger partial charge in [0.1, 0.15) is 0 Å². The molecular weight excluding hydrogens is 280 g/mol. The molecule has 5 heteroatoms. The van der Waals surface area contributed by atoms with Crippen LogP contribution in [0.2, 0.25) is 0 Å². The molecule has 0 saturated heterocycles.